The van der Waals surface area contributed by atoms with Crippen LogP contribution in [0.2, 0.25) is 10.0 Å². The van der Waals surface area contributed by atoms with Gasteiger partial charge in [0.25, 0.3) is 0 Å². The van der Waals surface area contributed by atoms with Gasteiger partial charge in [0, 0.05) is 34.4 Å². The van der Waals surface area contributed by atoms with Crippen molar-refractivity contribution in [2.24, 2.45) is 7.05 Å². The maximum atomic E-state index is 6.15. The molecule has 0 N–H and O–H groups in total. The van der Waals surface area contributed by atoms with Crippen LogP contribution >= 0.6 is 23.2 Å². The van der Waals surface area contributed by atoms with Gasteiger partial charge in [-0.05, 0) is 29.8 Å². The minimum Gasteiger partial charge on any atom is -0.489 e. The lowest BCUT2D eigenvalue weighted by atomic mass is 10.1. The molecular weight excluding hydrogens is 319 g/mol. The summed E-state index contributed by atoms with van der Waals surface area (Å²) in [6, 6.07) is 13.3. The molecule has 0 fully saturated rings. The van der Waals surface area contributed by atoms with E-state index in [4.69, 9.17) is 27.9 Å². The molecule has 112 valence electrons. The number of aromatic nitrogens is 2. The van der Waals surface area contributed by atoms with E-state index >= 15 is 0 Å². The predicted octanol–water partition coefficient (Wildman–Crippen LogP) is 4.97. The zero-order valence-corrected chi connectivity index (χ0v) is 13.5. The topological polar surface area (TPSA) is 27.1 Å². The zero-order valence-electron chi connectivity index (χ0n) is 12.0. The molecule has 3 rings (SSSR count). The average molecular weight is 333 g/mol. The molecule has 0 amide bonds. The highest BCUT2D eigenvalue weighted by molar-refractivity contribution is 6.35. The lowest BCUT2D eigenvalue weighted by Gasteiger charge is -2.10. The van der Waals surface area contributed by atoms with E-state index in [1.54, 1.807) is 16.8 Å². The Morgan fingerprint density at radius 1 is 1.05 bits per heavy atom. The molecule has 3 aromatic rings. The van der Waals surface area contributed by atoms with Gasteiger partial charge >= 0.3 is 0 Å². The van der Waals surface area contributed by atoms with Crippen molar-refractivity contribution in [2.45, 2.75) is 6.61 Å². The van der Waals surface area contributed by atoms with E-state index in [2.05, 4.69) is 5.10 Å². The van der Waals surface area contributed by atoms with E-state index in [1.165, 1.54) is 0 Å². The lowest BCUT2D eigenvalue weighted by molar-refractivity contribution is 0.306. The van der Waals surface area contributed by atoms with Crippen LogP contribution in [-0.4, -0.2) is 9.78 Å². The molecule has 2 aromatic carbocycles. The van der Waals surface area contributed by atoms with Crippen LogP contribution in [0.5, 0.6) is 5.75 Å². The normalized spacial score (nSPS) is 10.7. The number of ether oxygens (including phenoxy) is 1. The van der Waals surface area contributed by atoms with Gasteiger partial charge in [-0.3, -0.25) is 4.68 Å². The maximum Gasteiger partial charge on any atom is 0.120 e. The highest BCUT2D eigenvalue weighted by atomic mass is 35.5. The third-order valence-electron chi connectivity index (χ3n) is 3.32. The van der Waals surface area contributed by atoms with Gasteiger partial charge in [-0.15, -0.1) is 0 Å². The first-order valence-corrected chi connectivity index (χ1v) is 7.54. The van der Waals surface area contributed by atoms with Crippen LogP contribution in [0.3, 0.4) is 0 Å². The summed E-state index contributed by atoms with van der Waals surface area (Å²) < 4.78 is 7.60. The van der Waals surface area contributed by atoms with Gasteiger partial charge in [0.2, 0.25) is 0 Å². The van der Waals surface area contributed by atoms with Gasteiger partial charge in [0.15, 0.2) is 0 Å². The Hall–Kier alpha value is -1.97. The fourth-order valence-electron chi connectivity index (χ4n) is 2.16. The largest absolute Gasteiger partial charge is 0.489 e. The van der Waals surface area contributed by atoms with Crippen molar-refractivity contribution in [3.63, 3.8) is 0 Å². The number of rotatable bonds is 4. The zero-order chi connectivity index (χ0) is 15.5. The van der Waals surface area contributed by atoms with Gasteiger partial charge in [-0.1, -0.05) is 41.4 Å². The number of aryl methyl sites for hydroxylation is 1. The first kappa shape index (κ1) is 14.9. The molecule has 22 heavy (non-hydrogen) atoms. The number of benzene rings is 2. The van der Waals surface area contributed by atoms with Crippen molar-refractivity contribution in [1.82, 2.24) is 9.78 Å². The molecule has 0 spiro atoms. The number of nitrogens with zero attached hydrogens (tertiary/aromatic N) is 2. The van der Waals surface area contributed by atoms with E-state index in [9.17, 15) is 0 Å². The highest BCUT2D eigenvalue weighted by Crippen LogP contribution is 2.27. The molecule has 0 radical (unpaired) electrons. The summed E-state index contributed by atoms with van der Waals surface area (Å²) in [6.45, 7) is 0.328. The van der Waals surface area contributed by atoms with Gasteiger partial charge < -0.3 is 4.74 Å². The minimum atomic E-state index is 0.328. The first-order chi connectivity index (χ1) is 10.6. The van der Waals surface area contributed by atoms with E-state index in [0.29, 0.717) is 16.7 Å². The van der Waals surface area contributed by atoms with Crippen molar-refractivity contribution < 1.29 is 4.74 Å². The SMILES string of the molecule is Cn1cc(-c2cccc(OCc3c(Cl)cccc3Cl)c2)cn1. The van der Waals surface area contributed by atoms with Crippen LogP contribution in [0.15, 0.2) is 54.9 Å². The molecule has 0 unspecified atom stereocenters. The predicted molar refractivity (Wildman–Crippen MR) is 89.4 cm³/mol. The number of halogens is 2. The molecule has 0 saturated heterocycles. The fraction of sp³-hybridized carbons (Fsp3) is 0.118. The van der Waals surface area contributed by atoms with Crippen LogP contribution in [0.1, 0.15) is 5.56 Å². The van der Waals surface area contributed by atoms with Gasteiger partial charge in [0.1, 0.15) is 12.4 Å². The van der Waals surface area contributed by atoms with Crippen molar-refractivity contribution in [3.8, 4) is 16.9 Å². The molecule has 0 saturated carbocycles. The molecule has 0 aliphatic heterocycles. The Bertz CT molecular complexity index is 779. The summed E-state index contributed by atoms with van der Waals surface area (Å²) in [5.74, 6) is 0.761. The van der Waals surface area contributed by atoms with Crippen molar-refractivity contribution >= 4 is 23.2 Å². The Balaban J connectivity index is 1.79. The Morgan fingerprint density at radius 2 is 1.77 bits per heavy atom. The van der Waals surface area contributed by atoms with Crippen molar-refractivity contribution in [1.29, 1.82) is 0 Å². The van der Waals surface area contributed by atoms with E-state index in [1.807, 2.05) is 49.8 Å². The molecule has 0 bridgehead atoms. The Labute approximate surface area is 139 Å². The van der Waals surface area contributed by atoms with E-state index in [-0.39, 0.29) is 0 Å². The van der Waals surface area contributed by atoms with E-state index < -0.39 is 0 Å². The first-order valence-electron chi connectivity index (χ1n) is 6.78. The second kappa shape index (κ2) is 6.42. The van der Waals surface area contributed by atoms with Gasteiger partial charge in [0.05, 0.1) is 6.20 Å². The molecular formula is C17H14Cl2N2O. The Kier molecular flexibility index (Phi) is 4.36. The number of hydrogen-bond acceptors (Lipinski definition) is 2. The van der Waals surface area contributed by atoms with Crippen LogP contribution in [0.25, 0.3) is 11.1 Å². The summed E-state index contributed by atoms with van der Waals surface area (Å²) in [5.41, 5.74) is 2.89. The monoisotopic (exact) mass is 332 g/mol. The molecule has 5 heteroatoms. The fourth-order valence-corrected chi connectivity index (χ4v) is 2.67. The minimum absolute atomic E-state index is 0.328. The van der Waals surface area contributed by atoms with Crippen LogP contribution in [-0.2, 0) is 13.7 Å². The second-order valence-corrected chi connectivity index (χ2v) is 5.73. The summed E-state index contributed by atoms with van der Waals surface area (Å²) in [5, 5.41) is 5.40. The molecule has 0 atom stereocenters. The molecule has 0 aliphatic carbocycles. The standard InChI is InChI=1S/C17H14Cl2N2O/c1-21-10-13(9-20-21)12-4-2-5-14(8-12)22-11-15-16(18)6-3-7-17(15)19/h2-10H,11H2,1H3. The second-order valence-electron chi connectivity index (χ2n) is 4.92. The quantitative estimate of drug-likeness (QED) is 0.674. The third kappa shape index (κ3) is 3.26. The summed E-state index contributed by atoms with van der Waals surface area (Å²) in [4.78, 5) is 0. The molecule has 1 heterocycles. The smallest absolute Gasteiger partial charge is 0.120 e. The summed E-state index contributed by atoms with van der Waals surface area (Å²) in [6.07, 6.45) is 3.79. The summed E-state index contributed by atoms with van der Waals surface area (Å²) >= 11 is 12.3. The average Bonchev–Trinajstić information content (AvgIpc) is 2.94. The van der Waals surface area contributed by atoms with Crippen molar-refractivity contribution in [3.05, 3.63) is 70.5 Å². The maximum absolute atomic E-state index is 6.15. The molecule has 0 aliphatic rings. The van der Waals surface area contributed by atoms with Crippen molar-refractivity contribution in [2.75, 3.05) is 0 Å². The third-order valence-corrected chi connectivity index (χ3v) is 4.03. The van der Waals surface area contributed by atoms with Gasteiger partial charge in [-0.2, -0.15) is 5.10 Å². The molecule has 1 aromatic heterocycles. The molecule has 3 nitrogen and oxygen atoms in total. The van der Waals surface area contributed by atoms with Crippen LogP contribution < -0.4 is 4.74 Å². The summed E-state index contributed by atoms with van der Waals surface area (Å²) in [7, 11) is 1.89. The van der Waals surface area contributed by atoms with E-state index in [0.717, 1.165) is 22.4 Å². The highest BCUT2D eigenvalue weighted by Gasteiger charge is 2.07. The lowest BCUT2D eigenvalue weighted by Crippen LogP contribution is -1.97. The van der Waals surface area contributed by atoms with Crippen LogP contribution in [0, 0.1) is 0 Å². The van der Waals surface area contributed by atoms with Crippen LogP contribution in [0.4, 0.5) is 0 Å². The Morgan fingerprint density at radius 3 is 2.45 bits per heavy atom. The van der Waals surface area contributed by atoms with Gasteiger partial charge in [-0.25, -0.2) is 0 Å². The number of hydrogen-bond donors (Lipinski definition) is 0.